The number of hydrogen-bond acceptors (Lipinski definition) is 7. The molecule has 0 bridgehead atoms. The predicted molar refractivity (Wildman–Crippen MR) is 131 cm³/mol. The smallest absolute Gasteiger partial charge is 0.433 e. The number of methoxy groups -OCH3 is 1. The number of alkyl halides is 3. The summed E-state index contributed by atoms with van der Waals surface area (Å²) >= 11 is 0. The van der Waals surface area contributed by atoms with Crippen molar-refractivity contribution in [2.45, 2.75) is 51.4 Å². The summed E-state index contributed by atoms with van der Waals surface area (Å²) in [7, 11) is 1.33. The highest BCUT2D eigenvalue weighted by atomic mass is 19.4. The number of likely N-dealkylation sites (tertiary alicyclic amines) is 1. The van der Waals surface area contributed by atoms with E-state index in [9.17, 15) is 22.8 Å². The Morgan fingerprint density at radius 3 is 2.61 bits per heavy atom. The monoisotopic (exact) mass is 531 g/mol. The lowest BCUT2D eigenvalue weighted by Crippen LogP contribution is -2.40. The Kier molecular flexibility index (Phi) is 6.33. The number of fused-ring (bicyclic) bond motifs is 1. The molecule has 1 aromatic carbocycles. The van der Waals surface area contributed by atoms with E-state index in [0.717, 1.165) is 18.9 Å². The molecule has 1 saturated heterocycles. The van der Waals surface area contributed by atoms with Crippen LogP contribution in [0.4, 0.5) is 13.2 Å². The van der Waals surface area contributed by atoms with Crippen LogP contribution in [-0.2, 0) is 11.0 Å². The van der Waals surface area contributed by atoms with Crippen LogP contribution in [0.1, 0.15) is 61.1 Å². The molecule has 2 aromatic heterocycles. The topological polar surface area (TPSA) is 124 Å². The summed E-state index contributed by atoms with van der Waals surface area (Å²) < 4.78 is 51.0. The van der Waals surface area contributed by atoms with Gasteiger partial charge in [-0.25, -0.2) is 9.97 Å². The summed E-state index contributed by atoms with van der Waals surface area (Å²) in [6, 6.07) is 4.24. The van der Waals surface area contributed by atoms with Crippen LogP contribution in [0.5, 0.6) is 5.75 Å². The average molecular weight is 532 g/mol. The minimum absolute atomic E-state index is 0.0153. The third-order valence-electron chi connectivity index (χ3n) is 7.17. The number of carbonyl (C=O) groups is 2. The van der Waals surface area contributed by atoms with Crippen molar-refractivity contribution in [3.63, 3.8) is 0 Å². The van der Waals surface area contributed by atoms with Gasteiger partial charge >= 0.3 is 6.18 Å². The van der Waals surface area contributed by atoms with Crippen LogP contribution in [0.15, 0.2) is 28.7 Å². The van der Waals surface area contributed by atoms with E-state index >= 15 is 0 Å². The van der Waals surface area contributed by atoms with Gasteiger partial charge in [0.25, 0.3) is 5.91 Å². The van der Waals surface area contributed by atoms with Gasteiger partial charge in [0.15, 0.2) is 11.5 Å². The van der Waals surface area contributed by atoms with Crippen LogP contribution in [0.2, 0.25) is 0 Å². The van der Waals surface area contributed by atoms with Crippen molar-refractivity contribution in [2.24, 2.45) is 11.1 Å². The molecule has 0 unspecified atom stereocenters. The number of amides is 2. The number of carbonyl (C=O) groups excluding carboxylic acids is 2. The molecule has 2 aliphatic rings. The lowest BCUT2D eigenvalue weighted by atomic mass is 10.1. The fourth-order valence-electron chi connectivity index (χ4n) is 4.72. The molecule has 1 aliphatic carbocycles. The Balaban J connectivity index is 1.44. The van der Waals surface area contributed by atoms with Gasteiger partial charge in [0.05, 0.1) is 13.2 Å². The highest BCUT2D eigenvalue weighted by Gasteiger charge is 2.48. The standard InChI is InChI=1S/C26H28F3N5O4/c1-13(30)21-20(22(35)31-14-8-11-34(12-14)24(36)25(2)9-10-25)33-23(38-21)16-4-6-17(37-3)19-15(16)5-7-18(32-19)26(27,28)29/h4-7,13-14H,8-12,30H2,1-3H3,(H,31,35)/t13-,14+/m0/s1. The zero-order chi connectivity index (χ0) is 27.4. The lowest BCUT2D eigenvalue weighted by molar-refractivity contribution is -0.141. The predicted octanol–water partition coefficient (Wildman–Crippen LogP) is 4.07. The summed E-state index contributed by atoms with van der Waals surface area (Å²) in [6.45, 7) is 4.56. The van der Waals surface area contributed by atoms with Crippen molar-refractivity contribution in [1.82, 2.24) is 20.2 Å². The van der Waals surface area contributed by atoms with Gasteiger partial charge < -0.3 is 25.1 Å². The van der Waals surface area contributed by atoms with Gasteiger partial charge in [0, 0.05) is 35.5 Å². The number of rotatable bonds is 6. The van der Waals surface area contributed by atoms with Gasteiger partial charge in [-0.2, -0.15) is 13.2 Å². The van der Waals surface area contributed by atoms with Gasteiger partial charge in [-0.05, 0) is 50.5 Å². The molecule has 2 fully saturated rings. The summed E-state index contributed by atoms with van der Waals surface area (Å²) in [5, 5.41) is 3.23. The molecule has 38 heavy (non-hydrogen) atoms. The van der Waals surface area contributed by atoms with E-state index < -0.39 is 23.8 Å². The van der Waals surface area contributed by atoms with Crippen LogP contribution in [0.3, 0.4) is 0 Å². The third-order valence-corrected chi connectivity index (χ3v) is 7.17. The first kappa shape index (κ1) is 26.0. The second kappa shape index (κ2) is 9.26. The maximum Gasteiger partial charge on any atom is 0.433 e. The van der Waals surface area contributed by atoms with Crippen molar-refractivity contribution < 1.29 is 31.9 Å². The lowest BCUT2D eigenvalue weighted by Gasteiger charge is -2.20. The SMILES string of the molecule is COc1ccc(-c2nc(C(=O)N[C@@H]3CCN(C(=O)C4(C)CC4)C3)c([C@H](C)N)o2)c2ccc(C(F)(F)F)nc12. The van der Waals surface area contributed by atoms with Gasteiger partial charge in [-0.3, -0.25) is 9.59 Å². The number of benzene rings is 1. The molecule has 0 spiro atoms. The molecule has 2 amide bonds. The summed E-state index contributed by atoms with van der Waals surface area (Å²) in [6.07, 6.45) is -2.26. The van der Waals surface area contributed by atoms with Crippen molar-refractivity contribution in [3.8, 4) is 17.2 Å². The molecule has 1 saturated carbocycles. The van der Waals surface area contributed by atoms with E-state index in [-0.39, 0.29) is 46.0 Å². The van der Waals surface area contributed by atoms with Crippen molar-refractivity contribution in [2.75, 3.05) is 20.2 Å². The normalized spacial score (nSPS) is 19.4. The minimum Gasteiger partial charge on any atom is -0.494 e. The van der Waals surface area contributed by atoms with Crippen molar-refractivity contribution in [1.29, 1.82) is 0 Å². The van der Waals surface area contributed by atoms with Gasteiger partial charge in [-0.15, -0.1) is 0 Å². The Morgan fingerprint density at radius 1 is 1.24 bits per heavy atom. The first-order valence-corrected chi connectivity index (χ1v) is 12.3. The summed E-state index contributed by atoms with van der Waals surface area (Å²) in [5.41, 5.74) is 5.02. The van der Waals surface area contributed by atoms with E-state index in [2.05, 4.69) is 15.3 Å². The Hall–Kier alpha value is -3.67. The summed E-state index contributed by atoms with van der Waals surface area (Å²) in [4.78, 5) is 35.8. The number of nitrogens with one attached hydrogen (secondary N) is 1. The maximum atomic E-state index is 13.3. The van der Waals surface area contributed by atoms with Crippen LogP contribution < -0.4 is 15.8 Å². The van der Waals surface area contributed by atoms with Crippen molar-refractivity contribution in [3.05, 3.63) is 41.4 Å². The quantitative estimate of drug-likeness (QED) is 0.492. The van der Waals surface area contributed by atoms with E-state index in [0.29, 0.717) is 30.5 Å². The maximum absolute atomic E-state index is 13.3. The molecular weight excluding hydrogens is 503 g/mol. The highest BCUT2D eigenvalue weighted by molar-refractivity contribution is 5.98. The van der Waals surface area contributed by atoms with E-state index in [1.54, 1.807) is 17.9 Å². The van der Waals surface area contributed by atoms with Crippen molar-refractivity contribution >= 4 is 22.7 Å². The molecule has 12 heteroatoms. The highest BCUT2D eigenvalue weighted by Crippen LogP contribution is 2.47. The minimum atomic E-state index is -4.64. The number of aromatic nitrogens is 2. The number of nitrogens with two attached hydrogens (primary N) is 1. The second-order valence-corrected chi connectivity index (χ2v) is 10.2. The zero-order valence-electron chi connectivity index (χ0n) is 21.2. The fraction of sp³-hybridized carbons (Fsp3) is 0.462. The molecule has 3 heterocycles. The second-order valence-electron chi connectivity index (χ2n) is 10.2. The fourth-order valence-corrected chi connectivity index (χ4v) is 4.72. The van der Waals surface area contributed by atoms with Crippen LogP contribution in [0.25, 0.3) is 22.4 Å². The molecule has 202 valence electrons. The molecule has 0 radical (unpaired) electrons. The first-order valence-electron chi connectivity index (χ1n) is 12.3. The number of pyridine rings is 1. The Bertz CT molecular complexity index is 1410. The van der Waals surface area contributed by atoms with Gasteiger partial charge in [-0.1, -0.05) is 6.92 Å². The number of halogens is 3. The Labute approximate surface area is 216 Å². The molecule has 2 atom stereocenters. The molecule has 3 aromatic rings. The average Bonchev–Trinajstić information content (AvgIpc) is 3.27. The number of ether oxygens (including phenoxy) is 1. The van der Waals surface area contributed by atoms with Crippen LogP contribution in [-0.4, -0.2) is 52.9 Å². The summed E-state index contributed by atoms with van der Waals surface area (Å²) in [5.74, 6) is -0.0890. The van der Waals surface area contributed by atoms with Gasteiger partial charge in [0.1, 0.15) is 17.0 Å². The number of nitrogens with zero attached hydrogens (tertiary/aromatic N) is 3. The molecule has 1 aliphatic heterocycles. The Morgan fingerprint density at radius 2 is 1.97 bits per heavy atom. The van der Waals surface area contributed by atoms with E-state index in [4.69, 9.17) is 14.9 Å². The molecule has 9 nitrogen and oxygen atoms in total. The van der Waals surface area contributed by atoms with E-state index in [1.807, 2.05) is 6.92 Å². The van der Waals surface area contributed by atoms with Gasteiger partial charge in [0.2, 0.25) is 11.8 Å². The van der Waals surface area contributed by atoms with Crippen LogP contribution in [0, 0.1) is 5.41 Å². The largest absolute Gasteiger partial charge is 0.494 e. The third kappa shape index (κ3) is 4.68. The first-order chi connectivity index (χ1) is 17.9. The zero-order valence-corrected chi connectivity index (χ0v) is 21.2. The number of oxazole rings is 1. The number of hydrogen-bond donors (Lipinski definition) is 2. The molecule has 5 rings (SSSR count). The molecule has 3 N–H and O–H groups in total. The van der Waals surface area contributed by atoms with Crippen LogP contribution >= 0.6 is 0 Å². The molecular formula is C26H28F3N5O4. The van der Waals surface area contributed by atoms with E-state index in [1.165, 1.54) is 19.2 Å².